The van der Waals surface area contributed by atoms with E-state index < -0.39 is 21.4 Å². The van der Waals surface area contributed by atoms with Crippen molar-refractivity contribution in [2.24, 2.45) is 5.92 Å². The lowest BCUT2D eigenvalue weighted by atomic mass is 9.96. The first-order chi connectivity index (χ1) is 18.0. The van der Waals surface area contributed by atoms with Crippen molar-refractivity contribution in [1.29, 1.82) is 5.26 Å². The lowest BCUT2D eigenvalue weighted by Gasteiger charge is -2.36. The lowest BCUT2D eigenvalue weighted by molar-refractivity contribution is -0.148. The maximum atomic E-state index is 13.5. The third kappa shape index (κ3) is 5.26. The average molecular weight is 579 g/mol. The predicted molar refractivity (Wildman–Crippen MR) is 149 cm³/mol. The molecule has 4 heterocycles. The second-order valence-electron chi connectivity index (χ2n) is 9.54. The minimum atomic E-state index is -3.22. The average Bonchev–Trinajstić information content (AvgIpc) is 3.37. The highest BCUT2D eigenvalue weighted by Gasteiger charge is 2.42. The molecule has 38 heavy (non-hydrogen) atoms. The topological polar surface area (TPSA) is 130 Å². The number of ether oxygens (including phenoxy) is 1. The van der Waals surface area contributed by atoms with Gasteiger partial charge in [-0.05, 0) is 51.7 Å². The number of esters is 1. The molecule has 0 aromatic carbocycles. The Morgan fingerprint density at radius 2 is 2.03 bits per heavy atom. The van der Waals surface area contributed by atoms with Gasteiger partial charge in [0.05, 0.1) is 35.0 Å². The molecule has 0 spiro atoms. The second-order valence-corrected chi connectivity index (χ2v) is 13.4. The molecule has 0 N–H and O–H groups in total. The summed E-state index contributed by atoms with van der Waals surface area (Å²) in [6, 6.07) is 1.50. The van der Waals surface area contributed by atoms with E-state index in [0.29, 0.717) is 54.2 Å². The van der Waals surface area contributed by atoms with Crippen molar-refractivity contribution in [3.63, 3.8) is 0 Å². The Balaban J connectivity index is 1.81. The van der Waals surface area contributed by atoms with Gasteiger partial charge < -0.3 is 9.64 Å². The molecule has 13 heteroatoms. The van der Waals surface area contributed by atoms with Crippen LogP contribution in [0.2, 0.25) is 0 Å². The molecule has 3 saturated heterocycles. The van der Waals surface area contributed by atoms with E-state index in [1.807, 2.05) is 11.0 Å². The van der Waals surface area contributed by atoms with E-state index in [2.05, 4.69) is 0 Å². The molecule has 0 radical (unpaired) electrons. The molecule has 1 aromatic rings. The summed E-state index contributed by atoms with van der Waals surface area (Å²) in [7, 11) is -3.22. The van der Waals surface area contributed by atoms with Crippen molar-refractivity contribution in [2.45, 2.75) is 52.6 Å². The van der Waals surface area contributed by atoms with Gasteiger partial charge in [0.2, 0.25) is 0 Å². The molecular formula is C25H30N4O6S3. The van der Waals surface area contributed by atoms with Crippen LogP contribution in [0.3, 0.4) is 0 Å². The number of anilines is 1. The molecule has 0 aliphatic carbocycles. The lowest BCUT2D eigenvalue weighted by Crippen LogP contribution is -2.43. The fourth-order valence-electron chi connectivity index (χ4n) is 5.30. The third-order valence-electron chi connectivity index (χ3n) is 7.18. The van der Waals surface area contributed by atoms with Gasteiger partial charge in [0.15, 0.2) is 9.84 Å². The Hall–Kier alpha value is -2.69. The summed E-state index contributed by atoms with van der Waals surface area (Å²) in [6.45, 7) is 6.72. The number of hydrogen-bond acceptors (Lipinski definition) is 10. The number of pyridine rings is 1. The maximum absolute atomic E-state index is 13.5. The number of carbonyl (C=O) groups excluding carboxylic acids is 2. The first kappa shape index (κ1) is 28.3. The number of sulfone groups is 1. The van der Waals surface area contributed by atoms with Crippen LogP contribution >= 0.6 is 24.0 Å². The molecule has 3 fully saturated rings. The number of amides is 1. The summed E-state index contributed by atoms with van der Waals surface area (Å²) in [6.07, 6.45) is 3.35. The number of nitrogens with zero attached hydrogens (tertiary/aromatic N) is 4. The molecule has 0 saturated carbocycles. The quantitative estimate of drug-likeness (QED) is 0.281. The monoisotopic (exact) mass is 578 g/mol. The van der Waals surface area contributed by atoms with Crippen LogP contribution in [-0.2, 0) is 30.7 Å². The maximum Gasteiger partial charge on any atom is 0.310 e. The molecule has 2 atom stereocenters. The smallest absolute Gasteiger partial charge is 0.310 e. The molecule has 3 aliphatic rings. The van der Waals surface area contributed by atoms with E-state index in [4.69, 9.17) is 17.0 Å². The highest BCUT2D eigenvalue weighted by molar-refractivity contribution is 8.26. The Morgan fingerprint density at radius 1 is 1.29 bits per heavy atom. The van der Waals surface area contributed by atoms with E-state index in [1.54, 1.807) is 26.8 Å². The molecule has 0 bridgehead atoms. The zero-order chi connectivity index (χ0) is 27.8. The van der Waals surface area contributed by atoms with E-state index >= 15 is 0 Å². The summed E-state index contributed by atoms with van der Waals surface area (Å²) >= 11 is 6.55. The van der Waals surface area contributed by atoms with Crippen LogP contribution in [0.1, 0.15) is 49.8 Å². The second kappa shape index (κ2) is 11.2. The van der Waals surface area contributed by atoms with Crippen LogP contribution in [0.15, 0.2) is 9.70 Å². The van der Waals surface area contributed by atoms with E-state index in [9.17, 15) is 28.1 Å². The molecule has 1 amide bonds. The fourth-order valence-corrected chi connectivity index (χ4v) is 8.39. The van der Waals surface area contributed by atoms with Gasteiger partial charge in [0, 0.05) is 25.2 Å². The zero-order valence-corrected chi connectivity index (χ0v) is 24.0. The zero-order valence-electron chi connectivity index (χ0n) is 21.6. The number of nitriles is 1. The number of thiocarbonyl (C=S) groups is 1. The van der Waals surface area contributed by atoms with Gasteiger partial charge in [-0.3, -0.25) is 23.9 Å². The van der Waals surface area contributed by atoms with Crippen molar-refractivity contribution in [3.8, 4) is 6.07 Å². The van der Waals surface area contributed by atoms with Gasteiger partial charge in [-0.2, -0.15) is 5.26 Å². The van der Waals surface area contributed by atoms with Gasteiger partial charge in [0.1, 0.15) is 21.8 Å². The predicted octanol–water partition coefficient (Wildman–Crippen LogP) is 2.22. The van der Waals surface area contributed by atoms with Crippen LogP contribution in [0, 0.1) is 24.2 Å². The van der Waals surface area contributed by atoms with Crippen molar-refractivity contribution < 1.29 is 22.7 Å². The number of hydrogen-bond donors (Lipinski definition) is 0. The van der Waals surface area contributed by atoms with Crippen molar-refractivity contribution >= 4 is 61.9 Å². The highest BCUT2D eigenvalue weighted by Crippen LogP contribution is 2.39. The summed E-state index contributed by atoms with van der Waals surface area (Å²) in [5.41, 5.74) is 0.524. The van der Waals surface area contributed by atoms with Crippen LogP contribution in [0.25, 0.3) is 6.08 Å². The Bertz CT molecular complexity index is 1430. The largest absolute Gasteiger partial charge is 0.466 e. The molecule has 2 unspecified atom stereocenters. The Kier molecular flexibility index (Phi) is 8.34. The Morgan fingerprint density at radius 3 is 2.63 bits per heavy atom. The summed E-state index contributed by atoms with van der Waals surface area (Å²) in [4.78, 5) is 42.9. The molecule has 204 valence electrons. The SMILES string of the molecule is CCOC(=O)C1CCCN(c2c(C=C3SC(=S)N(C4CCS(=O)(=O)C4)C3=O)c(C)c(C#N)c(=O)n2CC)C1. The van der Waals surface area contributed by atoms with Crippen LogP contribution in [-0.4, -0.2) is 71.3 Å². The number of thioether (sulfide) groups is 1. The highest BCUT2D eigenvalue weighted by atomic mass is 32.2. The molecule has 4 rings (SSSR count). The number of piperidine rings is 1. The number of rotatable bonds is 6. The van der Waals surface area contributed by atoms with E-state index in [-0.39, 0.29) is 52.3 Å². The standard InChI is InChI=1S/C25H30N4O6S3/c1-4-28-21(27-9-6-7-16(13-27)24(32)35-5-2)18(15(3)19(12-26)22(28)30)11-20-23(31)29(25(36)37-20)17-8-10-38(33,34)14-17/h11,16-17H,4-10,13-14H2,1-3H3. The van der Waals surface area contributed by atoms with Gasteiger partial charge >= 0.3 is 5.97 Å². The molecule has 3 aliphatic heterocycles. The van der Waals surface area contributed by atoms with Gasteiger partial charge in [-0.25, -0.2) is 8.42 Å². The summed E-state index contributed by atoms with van der Waals surface area (Å²) < 4.78 is 31.1. The fraction of sp³-hybridized carbons (Fsp3) is 0.560. The van der Waals surface area contributed by atoms with Crippen molar-refractivity contribution in [1.82, 2.24) is 9.47 Å². The van der Waals surface area contributed by atoms with E-state index in [1.165, 1.54) is 9.47 Å². The van der Waals surface area contributed by atoms with Crippen LogP contribution < -0.4 is 10.5 Å². The molecule has 1 aromatic heterocycles. The van der Waals surface area contributed by atoms with Gasteiger partial charge in [0.25, 0.3) is 11.5 Å². The first-order valence-corrected chi connectivity index (χ1v) is 15.6. The van der Waals surface area contributed by atoms with Crippen molar-refractivity contribution in [2.75, 3.05) is 36.1 Å². The summed E-state index contributed by atoms with van der Waals surface area (Å²) in [5.74, 6) is -0.614. The first-order valence-electron chi connectivity index (χ1n) is 12.6. The molecular weight excluding hydrogens is 548 g/mol. The van der Waals surface area contributed by atoms with E-state index in [0.717, 1.165) is 11.8 Å². The third-order valence-corrected chi connectivity index (χ3v) is 10.3. The number of aromatic nitrogens is 1. The normalized spacial score (nSPS) is 24.2. The minimum Gasteiger partial charge on any atom is -0.466 e. The molecule has 10 nitrogen and oxygen atoms in total. The van der Waals surface area contributed by atoms with Gasteiger partial charge in [-0.1, -0.05) is 24.0 Å². The van der Waals surface area contributed by atoms with Crippen molar-refractivity contribution in [3.05, 3.63) is 31.9 Å². The van der Waals surface area contributed by atoms with Gasteiger partial charge in [-0.15, -0.1) is 0 Å². The Labute approximate surface area is 231 Å². The van der Waals surface area contributed by atoms with Crippen LogP contribution in [0.4, 0.5) is 5.82 Å². The minimum absolute atomic E-state index is 0.0145. The van der Waals surface area contributed by atoms with Crippen LogP contribution in [0.5, 0.6) is 0 Å². The summed E-state index contributed by atoms with van der Waals surface area (Å²) in [5, 5.41) is 9.79. The number of carbonyl (C=O) groups is 2.